The van der Waals surface area contributed by atoms with E-state index in [1.54, 1.807) is 0 Å². The van der Waals surface area contributed by atoms with Crippen LogP contribution >= 0.6 is 0 Å². The van der Waals surface area contributed by atoms with E-state index in [2.05, 4.69) is 102 Å². The van der Waals surface area contributed by atoms with Crippen LogP contribution in [0.15, 0.2) is 42.5 Å². The Morgan fingerprint density at radius 2 is 0.962 bits per heavy atom. The summed E-state index contributed by atoms with van der Waals surface area (Å²) in [5.74, 6) is 0. The lowest BCUT2D eigenvalue weighted by Gasteiger charge is -2.21. The van der Waals surface area contributed by atoms with E-state index < -0.39 is 0 Å². The smallest absolute Gasteiger partial charge is 0.00178 e. The van der Waals surface area contributed by atoms with E-state index >= 15 is 0 Å². The van der Waals surface area contributed by atoms with Crippen molar-refractivity contribution in [3.63, 3.8) is 0 Å². The molecular formula is C26H28. The normalized spacial score (nSPS) is 12.5. The molecule has 0 N–H and O–H groups in total. The van der Waals surface area contributed by atoms with Crippen LogP contribution in [0, 0.1) is 20.8 Å². The molecule has 0 radical (unpaired) electrons. The van der Waals surface area contributed by atoms with E-state index in [-0.39, 0.29) is 0 Å². The molecule has 0 unspecified atom stereocenters. The molecule has 3 rings (SSSR count). The Balaban J connectivity index is 2.80. The van der Waals surface area contributed by atoms with Gasteiger partial charge in [0.2, 0.25) is 0 Å². The first-order chi connectivity index (χ1) is 12.6. The van der Waals surface area contributed by atoms with E-state index in [9.17, 15) is 0 Å². The number of benzene rings is 3. The van der Waals surface area contributed by atoms with Gasteiger partial charge in [0.1, 0.15) is 0 Å². The van der Waals surface area contributed by atoms with Crippen LogP contribution in [0.2, 0.25) is 0 Å². The minimum absolute atomic E-state index is 1.34. The minimum atomic E-state index is 1.34. The van der Waals surface area contributed by atoms with Crippen molar-refractivity contribution >= 4 is 39.8 Å². The van der Waals surface area contributed by atoms with E-state index in [0.29, 0.717) is 0 Å². The van der Waals surface area contributed by atoms with Gasteiger partial charge in [-0.05, 0) is 96.5 Å². The molecular weight excluding hydrogens is 312 g/mol. The standard InChI is InChI=1S/C26H28/c1-7-12-21-17(4)18(5)22(13-8-2)26-24-16-11-10-15-20(24)19(6)23(14-9-3)25(21)26/h7-16H,1-6H3/b12-7-,13-8-,14-9-. The monoisotopic (exact) mass is 340 g/mol. The summed E-state index contributed by atoms with van der Waals surface area (Å²) in [5.41, 5.74) is 8.11. The average molecular weight is 341 g/mol. The summed E-state index contributed by atoms with van der Waals surface area (Å²) in [6.07, 6.45) is 13.3. The summed E-state index contributed by atoms with van der Waals surface area (Å²) >= 11 is 0. The largest absolute Gasteiger partial charge is 0.0870 e. The van der Waals surface area contributed by atoms with E-state index in [1.165, 1.54) is 54.9 Å². The van der Waals surface area contributed by atoms with Crippen molar-refractivity contribution in [3.8, 4) is 0 Å². The lowest BCUT2D eigenvalue weighted by Crippen LogP contribution is -1.99. The molecule has 0 heterocycles. The lowest BCUT2D eigenvalue weighted by atomic mass is 9.83. The molecule has 0 fully saturated rings. The number of fused-ring (bicyclic) bond motifs is 3. The molecule has 0 aliphatic heterocycles. The Hall–Kier alpha value is -2.60. The van der Waals surface area contributed by atoms with Gasteiger partial charge in [0.25, 0.3) is 0 Å². The van der Waals surface area contributed by atoms with Crippen molar-refractivity contribution in [1.82, 2.24) is 0 Å². The molecule has 0 nitrogen and oxygen atoms in total. The summed E-state index contributed by atoms with van der Waals surface area (Å²) in [5, 5.41) is 5.42. The fourth-order valence-electron chi connectivity index (χ4n) is 4.09. The predicted octanol–water partition coefficient (Wildman–Crippen LogP) is 8.02. The van der Waals surface area contributed by atoms with Crippen molar-refractivity contribution in [1.29, 1.82) is 0 Å². The molecule has 0 aromatic heterocycles. The first-order valence-corrected chi connectivity index (χ1v) is 9.43. The maximum atomic E-state index is 2.27. The Kier molecular flexibility index (Phi) is 5.13. The summed E-state index contributed by atoms with van der Waals surface area (Å²) in [6.45, 7) is 13.1. The zero-order valence-electron chi connectivity index (χ0n) is 16.8. The van der Waals surface area contributed by atoms with Crippen LogP contribution in [0.1, 0.15) is 54.2 Å². The number of allylic oxidation sites excluding steroid dienone is 3. The van der Waals surface area contributed by atoms with Crippen LogP contribution in [0.5, 0.6) is 0 Å². The van der Waals surface area contributed by atoms with Crippen molar-refractivity contribution in [2.45, 2.75) is 41.5 Å². The van der Waals surface area contributed by atoms with Crippen LogP contribution in [0.3, 0.4) is 0 Å². The van der Waals surface area contributed by atoms with Gasteiger partial charge < -0.3 is 0 Å². The van der Waals surface area contributed by atoms with Gasteiger partial charge in [-0.2, -0.15) is 0 Å². The summed E-state index contributed by atoms with van der Waals surface area (Å²) < 4.78 is 0. The minimum Gasteiger partial charge on any atom is -0.0870 e. The van der Waals surface area contributed by atoms with Gasteiger partial charge in [-0.1, -0.05) is 60.7 Å². The summed E-state index contributed by atoms with van der Waals surface area (Å²) in [7, 11) is 0. The molecule has 0 spiro atoms. The van der Waals surface area contributed by atoms with Crippen LogP contribution in [-0.2, 0) is 0 Å². The molecule has 0 aliphatic rings. The SMILES string of the molecule is C/C=C\c1c(C)c(C)c(/C=C\C)c2c1c(/C=C\C)c(C)c1ccccc12. The first-order valence-electron chi connectivity index (χ1n) is 9.43. The molecule has 0 bridgehead atoms. The highest BCUT2D eigenvalue weighted by molar-refractivity contribution is 6.18. The van der Waals surface area contributed by atoms with Gasteiger partial charge in [0.15, 0.2) is 0 Å². The second-order valence-electron chi connectivity index (χ2n) is 6.91. The topological polar surface area (TPSA) is 0 Å². The third kappa shape index (κ3) is 2.70. The number of rotatable bonds is 3. The fourth-order valence-corrected chi connectivity index (χ4v) is 4.09. The Morgan fingerprint density at radius 3 is 1.46 bits per heavy atom. The lowest BCUT2D eigenvalue weighted by molar-refractivity contribution is 1.33. The zero-order valence-corrected chi connectivity index (χ0v) is 16.8. The van der Waals surface area contributed by atoms with E-state index in [4.69, 9.17) is 0 Å². The highest BCUT2D eigenvalue weighted by Gasteiger charge is 2.18. The highest BCUT2D eigenvalue weighted by Crippen LogP contribution is 2.41. The van der Waals surface area contributed by atoms with Crippen LogP contribution in [0.4, 0.5) is 0 Å². The molecule has 0 amide bonds. The molecule has 0 saturated carbocycles. The maximum Gasteiger partial charge on any atom is -0.00178 e. The third-order valence-electron chi connectivity index (χ3n) is 5.43. The van der Waals surface area contributed by atoms with Gasteiger partial charge >= 0.3 is 0 Å². The molecule has 3 aromatic carbocycles. The average Bonchev–Trinajstić information content (AvgIpc) is 2.65. The maximum absolute atomic E-state index is 2.27. The molecule has 0 atom stereocenters. The highest BCUT2D eigenvalue weighted by atomic mass is 14.2. The Morgan fingerprint density at radius 1 is 0.538 bits per heavy atom. The van der Waals surface area contributed by atoms with Crippen molar-refractivity contribution < 1.29 is 0 Å². The van der Waals surface area contributed by atoms with Gasteiger partial charge in [0, 0.05) is 0 Å². The number of hydrogen-bond acceptors (Lipinski definition) is 0. The van der Waals surface area contributed by atoms with Gasteiger partial charge in [-0.3, -0.25) is 0 Å². The quantitative estimate of drug-likeness (QED) is 0.423. The Bertz CT molecular complexity index is 1070. The van der Waals surface area contributed by atoms with Gasteiger partial charge in [-0.25, -0.2) is 0 Å². The van der Waals surface area contributed by atoms with E-state index in [0.717, 1.165) is 0 Å². The zero-order chi connectivity index (χ0) is 18.8. The van der Waals surface area contributed by atoms with Crippen molar-refractivity contribution in [2.75, 3.05) is 0 Å². The molecule has 3 aromatic rings. The number of hydrogen-bond donors (Lipinski definition) is 0. The van der Waals surface area contributed by atoms with Crippen LogP contribution < -0.4 is 0 Å². The van der Waals surface area contributed by atoms with E-state index in [1.807, 2.05) is 0 Å². The molecule has 132 valence electrons. The van der Waals surface area contributed by atoms with Crippen LogP contribution in [-0.4, -0.2) is 0 Å². The first kappa shape index (κ1) is 18.2. The molecule has 26 heavy (non-hydrogen) atoms. The van der Waals surface area contributed by atoms with Gasteiger partial charge in [0.05, 0.1) is 0 Å². The summed E-state index contributed by atoms with van der Waals surface area (Å²) in [6, 6.07) is 8.82. The van der Waals surface area contributed by atoms with Crippen LogP contribution in [0.25, 0.3) is 39.8 Å². The second-order valence-corrected chi connectivity index (χ2v) is 6.91. The van der Waals surface area contributed by atoms with Gasteiger partial charge in [-0.15, -0.1) is 0 Å². The molecule has 0 aliphatic carbocycles. The van der Waals surface area contributed by atoms with Crippen molar-refractivity contribution in [3.05, 3.63) is 75.9 Å². The summed E-state index contributed by atoms with van der Waals surface area (Å²) in [4.78, 5) is 0. The van der Waals surface area contributed by atoms with Crippen molar-refractivity contribution in [2.24, 2.45) is 0 Å². The second kappa shape index (κ2) is 7.33. The Labute approximate surface area is 157 Å². The number of aryl methyl sites for hydroxylation is 1. The fraction of sp³-hybridized carbons (Fsp3) is 0.231. The predicted molar refractivity (Wildman–Crippen MR) is 120 cm³/mol. The molecule has 0 saturated heterocycles. The molecule has 0 heteroatoms. The third-order valence-corrected chi connectivity index (χ3v) is 5.43.